The SMILES string of the molecule is COc1ccccc1/C=C(/NC(=O)c1ccccc1)C(=O)Nc1cccc(SC(C(=O)Nc2ccc(Oc3ccccc3)cc2)c2ccccc2)c1. The number of thioether (sulfide) groups is 1. The van der Waals surface area contributed by atoms with Gasteiger partial charge in [-0.1, -0.05) is 91.0 Å². The normalized spacial score (nSPS) is 11.5. The van der Waals surface area contributed by atoms with Gasteiger partial charge in [0.05, 0.1) is 7.11 Å². The van der Waals surface area contributed by atoms with E-state index in [1.54, 1.807) is 92.0 Å². The number of methoxy groups -OCH3 is 1. The predicted octanol–water partition coefficient (Wildman–Crippen LogP) is 9.37. The fourth-order valence-corrected chi connectivity index (χ4v) is 6.29. The first-order chi connectivity index (χ1) is 25.4. The number of ether oxygens (including phenoxy) is 2. The van der Waals surface area contributed by atoms with E-state index >= 15 is 0 Å². The molecule has 52 heavy (non-hydrogen) atoms. The van der Waals surface area contributed by atoms with E-state index in [0.717, 1.165) is 16.2 Å². The monoisotopic (exact) mass is 705 g/mol. The largest absolute Gasteiger partial charge is 0.496 e. The third-order valence-electron chi connectivity index (χ3n) is 7.75. The van der Waals surface area contributed by atoms with E-state index in [2.05, 4.69) is 16.0 Å². The minimum absolute atomic E-state index is 0.0261. The van der Waals surface area contributed by atoms with Crippen molar-refractivity contribution in [1.82, 2.24) is 5.32 Å². The maximum atomic E-state index is 13.8. The summed E-state index contributed by atoms with van der Waals surface area (Å²) in [4.78, 5) is 41.5. The van der Waals surface area contributed by atoms with Crippen LogP contribution in [0.2, 0.25) is 0 Å². The summed E-state index contributed by atoms with van der Waals surface area (Å²) >= 11 is 1.35. The Labute approximate surface area is 306 Å². The molecule has 0 saturated carbocycles. The Morgan fingerprint density at radius 1 is 0.635 bits per heavy atom. The minimum atomic E-state index is -0.612. The highest BCUT2D eigenvalue weighted by molar-refractivity contribution is 8.00. The number of para-hydroxylation sites is 2. The molecule has 0 spiro atoms. The molecule has 0 aliphatic carbocycles. The third-order valence-corrected chi connectivity index (χ3v) is 9.00. The highest BCUT2D eigenvalue weighted by Gasteiger charge is 2.23. The fraction of sp³-hybridized carbons (Fsp3) is 0.0465. The van der Waals surface area contributed by atoms with Crippen molar-refractivity contribution in [2.24, 2.45) is 0 Å². The quantitative estimate of drug-likeness (QED) is 0.0817. The second-order valence-electron chi connectivity index (χ2n) is 11.4. The van der Waals surface area contributed by atoms with Crippen LogP contribution in [0.1, 0.15) is 26.7 Å². The lowest BCUT2D eigenvalue weighted by molar-refractivity contribution is -0.116. The van der Waals surface area contributed by atoms with E-state index in [4.69, 9.17) is 9.47 Å². The summed E-state index contributed by atoms with van der Waals surface area (Å²) in [5.41, 5.74) is 2.97. The Morgan fingerprint density at radius 3 is 1.98 bits per heavy atom. The van der Waals surface area contributed by atoms with Gasteiger partial charge >= 0.3 is 0 Å². The molecule has 1 unspecified atom stereocenters. The summed E-state index contributed by atoms with van der Waals surface area (Å²) in [6.07, 6.45) is 1.57. The molecule has 6 aromatic carbocycles. The molecule has 3 amide bonds. The Balaban J connectivity index is 1.20. The molecule has 0 aliphatic heterocycles. The molecule has 0 bridgehead atoms. The lowest BCUT2D eigenvalue weighted by atomic mass is 10.1. The summed E-state index contributed by atoms with van der Waals surface area (Å²) in [5, 5.41) is 8.10. The molecule has 0 heterocycles. The van der Waals surface area contributed by atoms with Gasteiger partial charge in [-0.15, -0.1) is 11.8 Å². The molecular weight excluding hydrogens is 671 g/mol. The van der Waals surface area contributed by atoms with Crippen LogP contribution in [0.4, 0.5) is 11.4 Å². The van der Waals surface area contributed by atoms with Crippen LogP contribution in [-0.4, -0.2) is 24.8 Å². The van der Waals surface area contributed by atoms with E-state index in [1.807, 2.05) is 84.9 Å². The number of carbonyl (C=O) groups is 3. The number of rotatable bonds is 13. The molecule has 0 radical (unpaired) electrons. The molecule has 6 rings (SSSR count). The van der Waals surface area contributed by atoms with Crippen molar-refractivity contribution in [3.63, 3.8) is 0 Å². The van der Waals surface area contributed by atoms with Gasteiger partial charge in [-0.2, -0.15) is 0 Å². The average Bonchev–Trinajstić information content (AvgIpc) is 3.19. The smallest absolute Gasteiger partial charge is 0.272 e. The Bertz CT molecular complexity index is 2160. The highest BCUT2D eigenvalue weighted by Crippen LogP contribution is 2.37. The van der Waals surface area contributed by atoms with Gasteiger partial charge < -0.3 is 25.4 Å². The van der Waals surface area contributed by atoms with Gasteiger partial charge in [-0.3, -0.25) is 14.4 Å². The fourth-order valence-electron chi connectivity index (χ4n) is 5.20. The molecule has 0 fully saturated rings. The first-order valence-electron chi connectivity index (χ1n) is 16.4. The lowest BCUT2D eigenvalue weighted by Crippen LogP contribution is -2.30. The van der Waals surface area contributed by atoms with E-state index in [-0.39, 0.29) is 11.6 Å². The number of hydrogen-bond donors (Lipinski definition) is 3. The average molecular weight is 706 g/mol. The molecule has 8 nitrogen and oxygen atoms in total. The van der Waals surface area contributed by atoms with Crippen LogP contribution in [0, 0.1) is 0 Å². The van der Waals surface area contributed by atoms with Gasteiger partial charge in [-0.25, -0.2) is 0 Å². The predicted molar refractivity (Wildman–Crippen MR) is 207 cm³/mol. The van der Waals surface area contributed by atoms with Crippen molar-refractivity contribution in [2.45, 2.75) is 10.1 Å². The molecule has 6 aromatic rings. The van der Waals surface area contributed by atoms with Crippen LogP contribution in [0.5, 0.6) is 17.2 Å². The van der Waals surface area contributed by atoms with Crippen molar-refractivity contribution in [2.75, 3.05) is 17.7 Å². The number of hydrogen-bond acceptors (Lipinski definition) is 6. The summed E-state index contributed by atoms with van der Waals surface area (Å²) in [6, 6.07) is 49.3. The van der Waals surface area contributed by atoms with E-state index in [0.29, 0.717) is 34.0 Å². The third kappa shape index (κ3) is 9.56. The zero-order chi connectivity index (χ0) is 36.1. The number of carbonyl (C=O) groups excluding carboxylic acids is 3. The van der Waals surface area contributed by atoms with Crippen molar-refractivity contribution in [3.8, 4) is 17.2 Å². The van der Waals surface area contributed by atoms with Crippen molar-refractivity contribution in [3.05, 3.63) is 186 Å². The standard InChI is InChI=1S/C43H35N3O5S/c1-50-39-23-12-11-18-32(39)28-38(46-41(47)31-16-7-3-8-17-31)42(48)45-34-19-13-22-37(29-34)52-40(30-14-5-2-6-15-30)43(49)44-33-24-26-36(27-25-33)51-35-20-9-4-10-21-35/h2-29,40H,1H3,(H,44,49)(H,45,48)(H,46,47)/b38-28+. The molecule has 258 valence electrons. The first kappa shape index (κ1) is 35.3. The van der Waals surface area contributed by atoms with Crippen LogP contribution in [-0.2, 0) is 9.59 Å². The molecule has 3 N–H and O–H groups in total. The highest BCUT2D eigenvalue weighted by atomic mass is 32.2. The maximum Gasteiger partial charge on any atom is 0.272 e. The van der Waals surface area contributed by atoms with Crippen molar-refractivity contribution >= 4 is 46.9 Å². The van der Waals surface area contributed by atoms with Crippen LogP contribution in [0.3, 0.4) is 0 Å². The van der Waals surface area contributed by atoms with Gasteiger partial charge in [0, 0.05) is 27.4 Å². The van der Waals surface area contributed by atoms with Gasteiger partial charge in [0.25, 0.3) is 11.8 Å². The number of anilines is 2. The van der Waals surface area contributed by atoms with E-state index in [9.17, 15) is 14.4 Å². The van der Waals surface area contributed by atoms with Crippen LogP contribution >= 0.6 is 11.8 Å². The minimum Gasteiger partial charge on any atom is -0.496 e. The summed E-state index contributed by atoms with van der Waals surface area (Å²) in [6.45, 7) is 0. The number of benzene rings is 6. The number of amides is 3. The second-order valence-corrected chi connectivity index (χ2v) is 12.6. The zero-order valence-electron chi connectivity index (χ0n) is 28.2. The molecular formula is C43H35N3O5S. The van der Waals surface area contributed by atoms with Gasteiger partial charge in [0.1, 0.15) is 28.2 Å². The van der Waals surface area contributed by atoms with Gasteiger partial charge in [0.15, 0.2) is 0 Å². The van der Waals surface area contributed by atoms with Gasteiger partial charge in [-0.05, 0) is 84.4 Å². The van der Waals surface area contributed by atoms with Crippen molar-refractivity contribution in [1.29, 1.82) is 0 Å². The Hall–Kier alpha value is -6.58. The molecule has 1 atom stereocenters. The van der Waals surface area contributed by atoms with Crippen LogP contribution in [0.15, 0.2) is 174 Å². The summed E-state index contributed by atoms with van der Waals surface area (Å²) in [7, 11) is 1.54. The second kappa shape index (κ2) is 17.4. The first-order valence-corrected chi connectivity index (χ1v) is 17.3. The van der Waals surface area contributed by atoms with Crippen LogP contribution in [0.25, 0.3) is 6.08 Å². The van der Waals surface area contributed by atoms with Crippen molar-refractivity contribution < 1.29 is 23.9 Å². The molecule has 0 aromatic heterocycles. The van der Waals surface area contributed by atoms with Gasteiger partial charge in [0.2, 0.25) is 5.91 Å². The topological polar surface area (TPSA) is 106 Å². The summed E-state index contributed by atoms with van der Waals surface area (Å²) in [5.74, 6) is 0.733. The molecule has 9 heteroatoms. The zero-order valence-corrected chi connectivity index (χ0v) is 29.0. The van der Waals surface area contributed by atoms with Crippen LogP contribution < -0.4 is 25.4 Å². The Morgan fingerprint density at radius 2 is 1.27 bits per heavy atom. The lowest BCUT2D eigenvalue weighted by Gasteiger charge is -2.18. The van der Waals surface area contributed by atoms with E-state index in [1.165, 1.54) is 11.8 Å². The number of nitrogens with one attached hydrogen (secondary N) is 3. The summed E-state index contributed by atoms with van der Waals surface area (Å²) < 4.78 is 11.4. The Kier molecular flexibility index (Phi) is 11.8. The molecule has 0 saturated heterocycles. The van der Waals surface area contributed by atoms with E-state index < -0.39 is 17.1 Å². The molecule has 0 aliphatic rings. The maximum absolute atomic E-state index is 13.8.